The zero-order valence-electron chi connectivity index (χ0n) is 11.3. The number of carbonyl (C=O) groups excluding carboxylic acids is 1. The van der Waals surface area contributed by atoms with Crippen LogP contribution >= 0.6 is 11.8 Å². The van der Waals surface area contributed by atoms with Crippen molar-refractivity contribution < 1.29 is 4.79 Å². The van der Waals surface area contributed by atoms with Crippen LogP contribution in [0.15, 0.2) is 0 Å². The molecule has 0 saturated heterocycles. The average Bonchev–Trinajstić information content (AvgIpc) is 2.87. The Bertz CT molecular complexity index is 293. The molecule has 1 saturated carbocycles. The lowest BCUT2D eigenvalue weighted by Gasteiger charge is -2.19. The molecule has 18 heavy (non-hydrogen) atoms. The fourth-order valence-electron chi connectivity index (χ4n) is 2.46. The molecule has 102 valence electrons. The standard InChI is InChI=1S/C14H24N2OS/c1-18-11-7-3-2-6-10-16-13(17)14(12-15)8-4-5-9-14/h2-11H2,1H3,(H,16,17). The van der Waals surface area contributed by atoms with Crippen LogP contribution in [0.5, 0.6) is 0 Å². The van der Waals surface area contributed by atoms with Gasteiger partial charge in [-0.1, -0.05) is 25.7 Å². The second-order valence-electron chi connectivity index (χ2n) is 5.06. The number of nitriles is 1. The van der Waals surface area contributed by atoms with E-state index in [-0.39, 0.29) is 5.91 Å². The number of thioether (sulfide) groups is 1. The predicted octanol–water partition coefficient (Wildman–Crippen LogP) is 3.11. The molecular weight excluding hydrogens is 244 g/mol. The van der Waals surface area contributed by atoms with Gasteiger partial charge in [-0.2, -0.15) is 17.0 Å². The number of hydrogen-bond acceptors (Lipinski definition) is 3. The summed E-state index contributed by atoms with van der Waals surface area (Å²) in [6, 6.07) is 2.23. The van der Waals surface area contributed by atoms with Crippen LogP contribution in [0.3, 0.4) is 0 Å². The van der Waals surface area contributed by atoms with E-state index in [1.165, 1.54) is 25.0 Å². The molecule has 0 spiro atoms. The Morgan fingerprint density at radius 1 is 1.28 bits per heavy atom. The number of rotatable bonds is 8. The van der Waals surface area contributed by atoms with Crippen LogP contribution < -0.4 is 5.32 Å². The van der Waals surface area contributed by atoms with E-state index in [4.69, 9.17) is 0 Å². The Hall–Kier alpha value is -0.690. The molecule has 1 N–H and O–H groups in total. The van der Waals surface area contributed by atoms with Gasteiger partial charge in [0.25, 0.3) is 0 Å². The van der Waals surface area contributed by atoms with Gasteiger partial charge in [0.05, 0.1) is 6.07 Å². The van der Waals surface area contributed by atoms with Crippen molar-refractivity contribution in [2.24, 2.45) is 5.41 Å². The minimum Gasteiger partial charge on any atom is -0.355 e. The molecule has 1 fully saturated rings. The molecular formula is C14H24N2OS. The third-order valence-corrected chi connectivity index (χ3v) is 4.36. The van der Waals surface area contributed by atoms with E-state index in [1.807, 2.05) is 11.8 Å². The molecule has 3 nitrogen and oxygen atoms in total. The van der Waals surface area contributed by atoms with Crippen molar-refractivity contribution in [2.75, 3.05) is 18.6 Å². The molecule has 1 amide bonds. The molecule has 0 aromatic carbocycles. The first-order valence-electron chi connectivity index (χ1n) is 6.94. The number of amides is 1. The van der Waals surface area contributed by atoms with Crippen LogP contribution in [0.2, 0.25) is 0 Å². The molecule has 1 aliphatic carbocycles. The van der Waals surface area contributed by atoms with Gasteiger partial charge in [0.15, 0.2) is 0 Å². The Morgan fingerprint density at radius 2 is 1.94 bits per heavy atom. The molecule has 1 rings (SSSR count). The monoisotopic (exact) mass is 268 g/mol. The van der Waals surface area contributed by atoms with E-state index in [0.717, 1.165) is 38.6 Å². The largest absolute Gasteiger partial charge is 0.355 e. The third kappa shape index (κ3) is 4.53. The summed E-state index contributed by atoms with van der Waals surface area (Å²) in [7, 11) is 0. The molecule has 0 radical (unpaired) electrons. The highest BCUT2D eigenvalue weighted by atomic mass is 32.2. The first-order chi connectivity index (χ1) is 8.75. The Morgan fingerprint density at radius 3 is 2.56 bits per heavy atom. The lowest BCUT2D eigenvalue weighted by molar-refractivity contribution is -0.127. The summed E-state index contributed by atoms with van der Waals surface area (Å²) < 4.78 is 0. The van der Waals surface area contributed by atoms with Crippen LogP contribution in [0, 0.1) is 16.7 Å². The van der Waals surface area contributed by atoms with Crippen molar-refractivity contribution in [3.63, 3.8) is 0 Å². The second-order valence-corrected chi connectivity index (χ2v) is 6.05. The number of nitrogens with one attached hydrogen (secondary N) is 1. The molecule has 0 aromatic heterocycles. The van der Waals surface area contributed by atoms with Gasteiger partial charge in [0.2, 0.25) is 5.91 Å². The van der Waals surface area contributed by atoms with E-state index in [0.29, 0.717) is 0 Å². The topological polar surface area (TPSA) is 52.9 Å². The maximum atomic E-state index is 12.0. The summed E-state index contributed by atoms with van der Waals surface area (Å²) >= 11 is 1.88. The molecule has 0 aromatic rings. The zero-order valence-corrected chi connectivity index (χ0v) is 12.2. The summed E-state index contributed by atoms with van der Waals surface area (Å²) in [5.41, 5.74) is -0.709. The van der Waals surface area contributed by atoms with Crippen molar-refractivity contribution >= 4 is 17.7 Å². The van der Waals surface area contributed by atoms with Crippen molar-refractivity contribution in [3.8, 4) is 6.07 Å². The van der Waals surface area contributed by atoms with E-state index < -0.39 is 5.41 Å². The molecule has 0 bridgehead atoms. The lowest BCUT2D eigenvalue weighted by atomic mass is 9.87. The average molecular weight is 268 g/mol. The van der Waals surface area contributed by atoms with Crippen LogP contribution in [0.4, 0.5) is 0 Å². The fraction of sp³-hybridized carbons (Fsp3) is 0.857. The fourth-order valence-corrected chi connectivity index (χ4v) is 2.96. The second kappa shape index (κ2) is 8.42. The quantitative estimate of drug-likeness (QED) is 0.688. The smallest absolute Gasteiger partial charge is 0.240 e. The van der Waals surface area contributed by atoms with E-state index in [2.05, 4.69) is 17.6 Å². The van der Waals surface area contributed by atoms with Crippen LogP contribution in [-0.2, 0) is 4.79 Å². The minimum absolute atomic E-state index is 0.0355. The summed E-state index contributed by atoms with van der Waals surface area (Å²) in [5, 5.41) is 12.1. The minimum atomic E-state index is -0.709. The number of carbonyl (C=O) groups is 1. The summed E-state index contributed by atoms with van der Waals surface area (Å²) in [4.78, 5) is 12.0. The molecule has 4 heteroatoms. The Kier molecular flexibility index (Phi) is 7.19. The number of hydrogen-bond donors (Lipinski definition) is 1. The molecule has 0 aliphatic heterocycles. The van der Waals surface area contributed by atoms with Gasteiger partial charge in [-0.25, -0.2) is 0 Å². The highest BCUT2D eigenvalue weighted by Crippen LogP contribution is 2.37. The van der Waals surface area contributed by atoms with E-state index in [1.54, 1.807) is 0 Å². The van der Waals surface area contributed by atoms with Crippen molar-refractivity contribution in [3.05, 3.63) is 0 Å². The predicted molar refractivity (Wildman–Crippen MR) is 76.4 cm³/mol. The molecule has 1 aliphatic rings. The summed E-state index contributed by atoms with van der Waals surface area (Å²) in [6.07, 6.45) is 10.3. The van der Waals surface area contributed by atoms with Gasteiger partial charge < -0.3 is 5.32 Å². The normalized spacial score (nSPS) is 17.3. The number of unbranched alkanes of at least 4 members (excludes halogenated alkanes) is 3. The third-order valence-electron chi connectivity index (χ3n) is 3.67. The molecule has 0 atom stereocenters. The van der Waals surface area contributed by atoms with E-state index >= 15 is 0 Å². The SMILES string of the molecule is CSCCCCCCNC(=O)C1(C#N)CCCC1. The zero-order chi connectivity index (χ0) is 13.3. The van der Waals surface area contributed by atoms with E-state index in [9.17, 15) is 10.1 Å². The lowest BCUT2D eigenvalue weighted by Crippen LogP contribution is -2.38. The highest BCUT2D eigenvalue weighted by Gasteiger charge is 2.41. The van der Waals surface area contributed by atoms with Crippen molar-refractivity contribution in [2.45, 2.75) is 51.4 Å². The molecule has 0 heterocycles. The summed E-state index contributed by atoms with van der Waals surface area (Å²) in [6.45, 7) is 0.724. The van der Waals surface area contributed by atoms with Gasteiger partial charge in [-0.3, -0.25) is 4.79 Å². The van der Waals surface area contributed by atoms with Crippen molar-refractivity contribution in [1.29, 1.82) is 5.26 Å². The summed E-state index contributed by atoms with van der Waals surface area (Å²) in [5.74, 6) is 1.19. The van der Waals surface area contributed by atoms with Gasteiger partial charge >= 0.3 is 0 Å². The van der Waals surface area contributed by atoms with Gasteiger partial charge in [-0.15, -0.1) is 0 Å². The maximum Gasteiger partial charge on any atom is 0.240 e. The van der Waals surface area contributed by atoms with Crippen LogP contribution in [0.25, 0.3) is 0 Å². The van der Waals surface area contributed by atoms with Crippen molar-refractivity contribution in [1.82, 2.24) is 5.32 Å². The van der Waals surface area contributed by atoms with Crippen LogP contribution in [-0.4, -0.2) is 24.5 Å². The van der Waals surface area contributed by atoms with Gasteiger partial charge in [0, 0.05) is 6.54 Å². The Labute approximate surface area is 115 Å². The van der Waals surface area contributed by atoms with Crippen LogP contribution in [0.1, 0.15) is 51.4 Å². The van der Waals surface area contributed by atoms with Gasteiger partial charge in [-0.05, 0) is 37.7 Å². The first kappa shape index (κ1) is 15.4. The number of nitrogens with zero attached hydrogens (tertiary/aromatic N) is 1. The first-order valence-corrected chi connectivity index (χ1v) is 8.33. The Balaban J connectivity index is 2.12. The van der Waals surface area contributed by atoms with Gasteiger partial charge in [0.1, 0.15) is 5.41 Å². The molecule has 0 unspecified atom stereocenters. The highest BCUT2D eigenvalue weighted by molar-refractivity contribution is 7.98. The maximum absolute atomic E-state index is 12.0.